The summed E-state index contributed by atoms with van der Waals surface area (Å²) in [6.07, 6.45) is 14.7. The Balaban J connectivity index is 1.88. The number of nitrogens with one attached hydrogen (secondary N) is 3. The van der Waals surface area contributed by atoms with Gasteiger partial charge in [-0.1, -0.05) is 30.9 Å². The SMILES string of the molecule is C=CC/C(C=C)=C1\[CH]C=C(NC(=O)NC2=NC(NCCCN(C)C)[CH]C(C)=N2)C=C1. The normalized spacial score (nSPS) is 20.1. The van der Waals surface area contributed by atoms with Gasteiger partial charge in [-0.05, 0) is 64.2 Å². The van der Waals surface area contributed by atoms with Crippen LogP contribution < -0.4 is 16.0 Å². The average Bonchev–Trinajstić information content (AvgIpc) is 2.69. The van der Waals surface area contributed by atoms with E-state index in [1.165, 1.54) is 0 Å². The molecule has 2 radical (unpaired) electrons. The lowest BCUT2D eigenvalue weighted by molar-refractivity contribution is 0.247. The van der Waals surface area contributed by atoms with E-state index in [9.17, 15) is 4.79 Å². The van der Waals surface area contributed by atoms with Crippen LogP contribution in [0.2, 0.25) is 0 Å². The van der Waals surface area contributed by atoms with E-state index in [2.05, 4.69) is 44.0 Å². The molecule has 160 valence electrons. The number of nitrogens with zero attached hydrogens (tertiary/aromatic N) is 3. The van der Waals surface area contributed by atoms with Crippen molar-refractivity contribution in [3.8, 4) is 0 Å². The van der Waals surface area contributed by atoms with Crippen LogP contribution in [0.5, 0.6) is 0 Å². The zero-order valence-corrected chi connectivity index (χ0v) is 18.1. The van der Waals surface area contributed by atoms with E-state index in [1.54, 1.807) is 0 Å². The second kappa shape index (κ2) is 12.0. The van der Waals surface area contributed by atoms with Crippen molar-refractivity contribution in [1.82, 2.24) is 20.9 Å². The Labute approximate surface area is 180 Å². The van der Waals surface area contributed by atoms with Gasteiger partial charge >= 0.3 is 6.03 Å². The third kappa shape index (κ3) is 7.93. The molecule has 0 aromatic rings. The summed E-state index contributed by atoms with van der Waals surface area (Å²) in [5.74, 6) is 0.294. The van der Waals surface area contributed by atoms with Crippen molar-refractivity contribution in [1.29, 1.82) is 0 Å². The minimum atomic E-state index is -0.384. The number of allylic oxidation sites excluding steroid dienone is 7. The van der Waals surface area contributed by atoms with Crippen LogP contribution in [0.15, 0.2) is 70.4 Å². The zero-order valence-electron chi connectivity index (χ0n) is 18.1. The maximum atomic E-state index is 12.4. The van der Waals surface area contributed by atoms with E-state index in [4.69, 9.17) is 0 Å². The molecule has 0 aromatic heterocycles. The average molecular weight is 409 g/mol. The Kier molecular flexibility index (Phi) is 9.44. The van der Waals surface area contributed by atoms with Crippen LogP contribution in [0.3, 0.4) is 0 Å². The summed E-state index contributed by atoms with van der Waals surface area (Å²) >= 11 is 0. The highest BCUT2D eigenvalue weighted by Gasteiger charge is 2.17. The quantitative estimate of drug-likeness (QED) is 0.405. The molecule has 3 N–H and O–H groups in total. The van der Waals surface area contributed by atoms with Crippen LogP contribution in [0.4, 0.5) is 4.79 Å². The molecule has 0 fully saturated rings. The number of rotatable bonds is 9. The molecule has 0 aromatic carbocycles. The first-order chi connectivity index (χ1) is 14.4. The number of carbonyl (C=O) groups excluding carboxylic acids is 1. The van der Waals surface area contributed by atoms with Gasteiger partial charge in [0.15, 0.2) is 0 Å². The molecule has 0 bridgehead atoms. The van der Waals surface area contributed by atoms with E-state index in [0.29, 0.717) is 11.7 Å². The lowest BCUT2D eigenvalue weighted by Crippen LogP contribution is -2.43. The number of aliphatic imine (C=N–C) groups is 2. The Morgan fingerprint density at radius 3 is 2.70 bits per heavy atom. The van der Waals surface area contributed by atoms with Crippen LogP contribution in [-0.2, 0) is 0 Å². The van der Waals surface area contributed by atoms with Crippen LogP contribution >= 0.6 is 0 Å². The number of urea groups is 1. The lowest BCUT2D eigenvalue weighted by atomic mass is 9.98. The largest absolute Gasteiger partial charge is 0.326 e. The fraction of sp³-hybridized carbons (Fsp3) is 0.348. The first kappa shape index (κ1) is 23.5. The molecular formula is C23H32N6O. The summed E-state index contributed by atoms with van der Waals surface area (Å²) in [5, 5.41) is 8.88. The predicted octanol–water partition coefficient (Wildman–Crippen LogP) is 2.90. The second-order valence-electron chi connectivity index (χ2n) is 7.31. The minimum absolute atomic E-state index is 0.197. The van der Waals surface area contributed by atoms with Crippen molar-refractivity contribution in [3.05, 3.63) is 73.2 Å². The van der Waals surface area contributed by atoms with Gasteiger partial charge in [0.05, 0.1) is 0 Å². The third-order valence-corrected chi connectivity index (χ3v) is 4.43. The Morgan fingerprint density at radius 2 is 2.07 bits per heavy atom. The van der Waals surface area contributed by atoms with Crippen molar-refractivity contribution in [2.75, 3.05) is 27.2 Å². The van der Waals surface area contributed by atoms with Crippen LogP contribution in [0, 0.1) is 12.8 Å². The molecule has 2 aliphatic rings. The van der Waals surface area contributed by atoms with Gasteiger partial charge in [0.2, 0.25) is 5.96 Å². The predicted molar refractivity (Wildman–Crippen MR) is 125 cm³/mol. The lowest BCUT2D eigenvalue weighted by Gasteiger charge is -2.20. The van der Waals surface area contributed by atoms with Crippen LogP contribution in [-0.4, -0.2) is 56.0 Å². The molecule has 0 spiro atoms. The van der Waals surface area contributed by atoms with Gasteiger partial charge in [-0.2, -0.15) is 0 Å². The number of hydrogen-bond donors (Lipinski definition) is 3. The third-order valence-electron chi connectivity index (χ3n) is 4.43. The van der Waals surface area contributed by atoms with Gasteiger partial charge in [0, 0.05) is 24.3 Å². The van der Waals surface area contributed by atoms with Gasteiger partial charge in [0.25, 0.3) is 0 Å². The Morgan fingerprint density at radius 1 is 1.27 bits per heavy atom. The van der Waals surface area contributed by atoms with Crippen LogP contribution in [0.1, 0.15) is 19.8 Å². The molecule has 0 saturated carbocycles. The topological polar surface area (TPSA) is 81.1 Å². The van der Waals surface area contributed by atoms with E-state index < -0.39 is 0 Å². The molecule has 2 rings (SSSR count). The maximum Gasteiger partial charge on any atom is 0.326 e. The summed E-state index contributed by atoms with van der Waals surface area (Å²) in [6.45, 7) is 11.3. The highest BCUT2D eigenvalue weighted by molar-refractivity contribution is 6.07. The maximum absolute atomic E-state index is 12.4. The molecule has 0 saturated heterocycles. The molecule has 7 nitrogen and oxygen atoms in total. The monoisotopic (exact) mass is 408 g/mol. The van der Waals surface area contributed by atoms with Crippen molar-refractivity contribution >= 4 is 17.7 Å². The summed E-state index contributed by atoms with van der Waals surface area (Å²) in [4.78, 5) is 23.3. The van der Waals surface area contributed by atoms with E-state index in [1.807, 2.05) is 64.2 Å². The number of guanidine groups is 1. The minimum Gasteiger partial charge on any atom is -0.309 e. The molecule has 1 heterocycles. The van der Waals surface area contributed by atoms with Crippen molar-refractivity contribution in [2.45, 2.75) is 25.9 Å². The zero-order chi connectivity index (χ0) is 21.9. The molecule has 1 aliphatic heterocycles. The van der Waals surface area contributed by atoms with Gasteiger partial charge < -0.3 is 10.2 Å². The number of hydrogen-bond acceptors (Lipinski definition) is 5. The molecule has 30 heavy (non-hydrogen) atoms. The van der Waals surface area contributed by atoms with Gasteiger partial charge in [0.1, 0.15) is 6.17 Å². The molecular weight excluding hydrogens is 376 g/mol. The summed E-state index contributed by atoms with van der Waals surface area (Å²) in [5.41, 5.74) is 3.62. The van der Waals surface area contributed by atoms with E-state index in [-0.39, 0.29) is 12.2 Å². The van der Waals surface area contributed by atoms with E-state index in [0.717, 1.165) is 42.8 Å². The fourth-order valence-corrected chi connectivity index (χ4v) is 2.95. The molecule has 1 unspecified atom stereocenters. The van der Waals surface area contributed by atoms with Crippen molar-refractivity contribution in [3.63, 3.8) is 0 Å². The highest BCUT2D eigenvalue weighted by Crippen LogP contribution is 2.20. The summed E-state index contributed by atoms with van der Waals surface area (Å²) in [7, 11) is 4.10. The fourth-order valence-electron chi connectivity index (χ4n) is 2.95. The highest BCUT2D eigenvalue weighted by atomic mass is 16.2. The Bertz CT molecular complexity index is 801. The number of amides is 2. The first-order valence-electron chi connectivity index (χ1n) is 10.0. The number of carbonyl (C=O) groups is 1. The standard InChI is InChI=1S/C23H32N6O/c1-6-9-18(7-2)19-10-12-20(13-11-19)26-23(30)28-22-25-17(3)16-21(27-22)24-14-8-15-29(4)5/h6-7,10-13,16,21,24H,1-2,8-9,14-15H2,3-5H3,(H2,26,27,28,30). The Hall–Kier alpha value is -2.77. The summed E-state index contributed by atoms with van der Waals surface area (Å²) < 4.78 is 0. The van der Waals surface area contributed by atoms with Gasteiger partial charge in [-0.15, -0.1) is 6.58 Å². The van der Waals surface area contributed by atoms with Gasteiger partial charge in [-0.25, -0.2) is 14.8 Å². The smallest absolute Gasteiger partial charge is 0.309 e. The molecule has 7 heteroatoms. The molecule has 2 amide bonds. The van der Waals surface area contributed by atoms with E-state index >= 15 is 0 Å². The van der Waals surface area contributed by atoms with Crippen molar-refractivity contribution < 1.29 is 4.79 Å². The second-order valence-corrected chi connectivity index (χ2v) is 7.31. The molecule has 1 atom stereocenters. The molecule has 1 aliphatic carbocycles. The van der Waals surface area contributed by atoms with Gasteiger partial charge in [-0.3, -0.25) is 10.6 Å². The van der Waals surface area contributed by atoms with Crippen molar-refractivity contribution in [2.24, 2.45) is 9.98 Å². The van der Waals surface area contributed by atoms with Crippen LogP contribution in [0.25, 0.3) is 0 Å². The first-order valence-corrected chi connectivity index (χ1v) is 10.0. The summed E-state index contributed by atoms with van der Waals surface area (Å²) in [6, 6.07) is -0.384.